The molecule has 0 unspecified atom stereocenters. The number of nitrogens with one attached hydrogen (secondary N) is 4. The van der Waals surface area contributed by atoms with Gasteiger partial charge < -0.3 is 31.3 Å². The van der Waals surface area contributed by atoms with Gasteiger partial charge in [-0.25, -0.2) is 14.6 Å². The van der Waals surface area contributed by atoms with E-state index in [0.29, 0.717) is 6.54 Å². The third-order valence-corrected chi connectivity index (χ3v) is 7.76. The van der Waals surface area contributed by atoms with Crippen molar-refractivity contribution in [3.05, 3.63) is 23.4 Å². The number of carboxylic acids is 1. The maximum absolute atomic E-state index is 12.8. The van der Waals surface area contributed by atoms with Crippen LogP contribution in [-0.4, -0.2) is 77.7 Å². The molecule has 0 aromatic carbocycles. The number of urea groups is 1. The predicted octanol–water partition coefficient (Wildman–Crippen LogP) is 2.29. The van der Waals surface area contributed by atoms with Crippen molar-refractivity contribution in [2.45, 2.75) is 82.7 Å². The molecule has 204 valence electrons. The number of carboxylic acid groups (broad SMARTS) is 1. The second-order valence-corrected chi connectivity index (χ2v) is 10.7. The maximum atomic E-state index is 12.8. The number of amides is 3. The Hall–Kier alpha value is -2.88. The molecule has 3 aliphatic rings. The van der Waals surface area contributed by atoms with Crippen molar-refractivity contribution < 1.29 is 19.5 Å². The number of hydrogen-bond donors (Lipinski definition) is 5. The highest BCUT2D eigenvalue weighted by atomic mass is 16.4. The Bertz CT molecular complexity index is 935. The quantitative estimate of drug-likeness (QED) is 0.323. The Morgan fingerprint density at radius 2 is 1.95 bits per heavy atom. The Balaban J connectivity index is 1.17. The number of fused-ring (bicyclic) bond motifs is 1. The summed E-state index contributed by atoms with van der Waals surface area (Å²) in [5, 5.41) is 21.1. The molecule has 0 bridgehead atoms. The second-order valence-electron chi connectivity index (χ2n) is 10.7. The molecule has 1 aliphatic carbocycles. The lowest BCUT2D eigenvalue weighted by Crippen LogP contribution is -2.54. The van der Waals surface area contributed by atoms with Gasteiger partial charge in [-0.2, -0.15) is 0 Å². The molecule has 0 radical (unpaired) electrons. The van der Waals surface area contributed by atoms with Crippen LogP contribution in [0.2, 0.25) is 0 Å². The summed E-state index contributed by atoms with van der Waals surface area (Å²) in [5.41, 5.74) is 2.39. The van der Waals surface area contributed by atoms with Crippen LogP contribution in [0.3, 0.4) is 0 Å². The van der Waals surface area contributed by atoms with Gasteiger partial charge in [0.2, 0.25) is 5.91 Å². The van der Waals surface area contributed by atoms with Gasteiger partial charge in [0.1, 0.15) is 11.9 Å². The number of nitrogens with zero attached hydrogens (tertiary/aromatic N) is 2. The third-order valence-electron chi connectivity index (χ3n) is 7.76. The van der Waals surface area contributed by atoms with E-state index in [1.54, 1.807) is 0 Å². The van der Waals surface area contributed by atoms with Crippen molar-refractivity contribution in [2.24, 2.45) is 5.92 Å². The van der Waals surface area contributed by atoms with E-state index < -0.39 is 18.0 Å². The van der Waals surface area contributed by atoms with Gasteiger partial charge in [0.25, 0.3) is 0 Å². The Morgan fingerprint density at radius 3 is 2.76 bits per heavy atom. The summed E-state index contributed by atoms with van der Waals surface area (Å²) in [7, 11) is 0. The minimum absolute atomic E-state index is 0.0886. The monoisotopic (exact) mass is 514 g/mol. The van der Waals surface area contributed by atoms with E-state index in [0.717, 1.165) is 95.4 Å². The van der Waals surface area contributed by atoms with Crippen LogP contribution in [0.25, 0.3) is 0 Å². The summed E-state index contributed by atoms with van der Waals surface area (Å²) in [5.74, 6) is -0.451. The van der Waals surface area contributed by atoms with Crippen molar-refractivity contribution >= 4 is 23.7 Å². The van der Waals surface area contributed by atoms with E-state index in [1.807, 2.05) is 0 Å². The van der Waals surface area contributed by atoms with Crippen LogP contribution < -0.4 is 21.3 Å². The molecule has 0 spiro atoms. The standard InChI is InChI=1S/C27H42N6O4/c34-25(29-17-23(26(35)36)32-27(37)31-21-9-2-1-3-10-21)20-8-5-15-33(18-20)16-6-11-22-13-12-19-7-4-14-28-24(19)30-22/h12-13,20-21,23H,1-11,14-18H2,(H,28,30)(H,29,34)(H,35,36)(H2,31,32,37)/t20-,23+/m1/s1. The molecule has 4 rings (SSSR count). The van der Waals surface area contributed by atoms with Crippen LogP contribution >= 0.6 is 0 Å². The van der Waals surface area contributed by atoms with Crippen molar-refractivity contribution in [2.75, 3.05) is 38.0 Å². The zero-order valence-electron chi connectivity index (χ0n) is 21.8. The number of aryl methyl sites for hydroxylation is 2. The van der Waals surface area contributed by atoms with E-state index in [1.165, 1.54) is 12.0 Å². The normalized spacial score (nSPS) is 21.2. The molecule has 5 N–H and O–H groups in total. The highest BCUT2D eigenvalue weighted by Crippen LogP contribution is 2.21. The minimum atomic E-state index is -1.16. The fraction of sp³-hybridized carbons (Fsp3) is 0.704. The molecule has 1 saturated heterocycles. The third kappa shape index (κ3) is 8.31. The van der Waals surface area contributed by atoms with E-state index in [9.17, 15) is 19.5 Å². The van der Waals surface area contributed by atoms with E-state index >= 15 is 0 Å². The molecule has 1 aromatic rings. The first kappa shape index (κ1) is 27.2. The Morgan fingerprint density at radius 1 is 1.11 bits per heavy atom. The molecule has 37 heavy (non-hydrogen) atoms. The number of hydrogen-bond acceptors (Lipinski definition) is 6. The second kappa shape index (κ2) is 13.6. The van der Waals surface area contributed by atoms with Gasteiger partial charge in [0, 0.05) is 31.4 Å². The number of rotatable bonds is 10. The summed E-state index contributed by atoms with van der Waals surface area (Å²) in [4.78, 5) is 43.9. The SMILES string of the molecule is O=C(NC1CCCCC1)N[C@@H](CNC(=O)[C@@H]1CCCN(CCCc2ccc3c(n2)NCCC3)C1)C(=O)O. The minimum Gasteiger partial charge on any atom is -0.480 e. The van der Waals surface area contributed by atoms with Crippen LogP contribution in [0.15, 0.2) is 12.1 Å². The Kier molecular flexibility index (Phi) is 9.99. The first-order valence-electron chi connectivity index (χ1n) is 14.0. The average molecular weight is 515 g/mol. The van der Waals surface area contributed by atoms with E-state index in [2.05, 4.69) is 38.3 Å². The lowest BCUT2D eigenvalue weighted by molar-refractivity contribution is -0.139. The van der Waals surface area contributed by atoms with Crippen LogP contribution in [0.4, 0.5) is 10.6 Å². The van der Waals surface area contributed by atoms with Crippen LogP contribution in [0.1, 0.15) is 69.0 Å². The van der Waals surface area contributed by atoms with E-state index in [-0.39, 0.29) is 24.4 Å². The molecule has 3 amide bonds. The number of likely N-dealkylation sites (tertiary alicyclic amines) is 1. The van der Waals surface area contributed by atoms with Crippen molar-refractivity contribution in [3.63, 3.8) is 0 Å². The molecule has 2 aliphatic heterocycles. The molecule has 10 nitrogen and oxygen atoms in total. The van der Waals surface area contributed by atoms with Gasteiger partial charge in [-0.15, -0.1) is 0 Å². The topological polar surface area (TPSA) is 136 Å². The molecular weight excluding hydrogens is 472 g/mol. The molecular formula is C27H42N6O4. The summed E-state index contributed by atoms with van der Waals surface area (Å²) < 4.78 is 0. The van der Waals surface area contributed by atoms with Crippen molar-refractivity contribution in [1.29, 1.82) is 0 Å². The molecule has 3 heterocycles. The van der Waals surface area contributed by atoms with Gasteiger partial charge in [0.15, 0.2) is 0 Å². The zero-order valence-corrected chi connectivity index (χ0v) is 21.8. The highest BCUT2D eigenvalue weighted by Gasteiger charge is 2.28. The summed E-state index contributed by atoms with van der Waals surface area (Å²) in [6.45, 7) is 3.39. The maximum Gasteiger partial charge on any atom is 0.328 e. The van der Waals surface area contributed by atoms with Gasteiger partial charge in [-0.3, -0.25) is 4.79 Å². The van der Waals surface area contributed by atoms with Crippen molar-refractivity contribution in [3.8, 4) is 0 Å². The molecule has 2 fully saturated rings. The number of carbonyl (C=O) groups excluding carboxylic acids is 2. The summed E-state index contributed by atoms with van der Waals surface area (Å²) in [6, 6.07) is 2.75. The van der Waals surface area contributed by atoms with Gasteiger partial charge in [-0.1, -0.05) is 25.3 Å². The van der Waals surface area contributed by atoms with Crippen LogP contribution in [-0.2, 0) is 22.4 Å². The number of aliphatic carboxylic acids is 1. The molecule has 1 aromatic heterocycles. The number of carbonyl (C=O) groups is 3. The number of piperidine rings is 1. The predicted molar refractivity (Wildman–Crippen MR) is 142 cm³/mol. The lowest BCUT2D eigenvalue weighted by Gasteiger charge is -2.32. The largest absolute Gasteiger partial charge is 0.480 e. The number of aromatic nitrogens is 1. The molecule has 2 atom stereocenters. The molecule has 1 saturated carbocycles. The first-order valence-corrected chi connectivity index (χ1v) is 14.0. The fourth-order valence-corrected chi connectivity index (χ4v) is 5.64. The van der Waals surface area contributed by atoms with E-state index in [4.69, 9.17) is 4.98 Å². The average Bonchev–Trinajstić information content (AvgIpc) is 2.91. The summed E-state index contributed by atoms with van der Waals surface area (Å²) >= 11 is 0. The number of anilines is 1. The zero-order chi connectivity index (χ0) is 26.0. The van der Waals surface area contributed by atoms with Gasteiger partial charge >= 0.3 is 12.0 Å². The molecule has 10 heteroatoms. The lowest BCUT2D eigenvalue weighted by atomic mass is 9.96. The van der Waals surface area contributed by atoms with Gasteiger partial charge in [0.05, 0.1) is 5.92 Å². The smallest absolute Gasteiger partial charge is 0.328 e. The first-order chi connectivity index (χ1) is 18.0. The van der Waals surface area contributed by atoms with Crippen LogP contribution in [0.5, 0.6) is 0 Å². The highest BCUT2D eigenvalue weighted by molar-refractivity contribution is 5.84. The van der Waals surface area contributed by atoms with Crippen molar-refractivity contribution in [1.82, 2.24) is 25.8 Å². The Labute approximate surface area is 219 Å². The fourth-order valence-electron chi connectivity index (χ4n) is 5.64. The van der Waals surface area contributed by atoms with Gasteiger partial charge in [-0.05, 0) is 76.1 Å². The summed E-state index contributed by atoms with van der Waals surface area (Å²) in [6.07, 6.45) is 11.0. The van der Waals surface area contributed by atoms with Crippen LogP contribution in [0, 0.1) is 5.92 Å². The number of pyridine rings is 1.